The molecular weight excluding hydrogens is 484 g/mol. The smallest absolute Gasteiger partial charge is 0.338 e. The van der Waals surface area contributed by atoms with E-state index in [1.165, 1.54) is 10.1 Å². The standard InChI is InChI=1S/C27H38N8O3/c1-26(2,29)23(36)33-11-13-34(14-12-33)24(37)30-22-8-10-35(25(38)31-22)21-5-3-19(4-6-21)7-9-32-17-27(18-32)15-20(28)16-27/h3-6,8,10,20H,7,9,11-18,28-29H2,1-2H3,(H,30,31,37,38). The number of carbonyl (C=O) groups is 2. The van der Waals surface area contributed by atoms with Crippen LogP contribution in [0.1, 0.15) is 32.3 Å². The Morgan fingerprint density at radius 2 is 1.68 bits per heavy atom. The van der Waals surface area contributed by atoms with Crippen molar-refractivity contribution in [2.75, 3.05) is 51.1 Å². The van der Waals surface area contributed by atoms with Gasteiger partial charge in [0.15, 0.2) is 0 Å². The fraction of sp³-hybridized carbons (Fsp3) is 0.556. The summed E-state index contributed by atoms with van der Waals surface area (Å²) in [5.41, 5.74) is 12.9. The number of amides is 3. The van der Waals surface area contributed by atoms with E-state index in [1.54, 1.807) is 35.9 Å². The molecule has 0 atom stereocenters. The first-order chi connectivity index (χ1) is 18.0. The molecule has 3 fully saturated rings. The summed E-state index contributed by atoms with van der Waals surface area (Å²) in [4.78, 5) is 47.5. The third kappa shape index (κ3) is 5.59. The zero-order valence-electron chi connectivity index (χ0n) is 22.2. The van der Waals surface area contributed by atoms with Crippen LogP contribution in [0.2, 0.25) is 0 Å². The molecule has 5 rings (SSSR count). The Balaban J connectivity index is 1.11. The van der Waals surface area contributed by atoms with Crippen molar-refractivity contribution >= 4 is 17.8 Å². The van der Waals surface area contributed by atoms with Crippen LogP contribution in [0.3, 0.4) is 0 Å². The van der Waals surface area contributed by atoms with Gasteiger partial charge in [-0.1, -0.05) is 12.1 Å². The normalized spacial score (nSPS) is 19.7. The van der Waals surface area contributed by atoms with E-state index in [1.807, 2.05) is 24.3 Å². The SMILES string of the molecule is CC(C)(N)C(=O)N1CCN(C(=O)Nc2ccn(-c3ccc(CCN4CC5(CC(N)C5)C4)cc3)c(=O)n2)CC1. The quantitative estimate of drug-likeness (QED) is 0.504. The molecule has 11 heteroatoms. The molecule has 1 saturated carbocycles. The van der Waals surface area contributed by atoms with E-state index in [0.29, 0.717) is 37.6 Å². The van der Waals surface area contributed by atoms with Crippen molar-refractivity contribution in [3.05, 3.63) is 52.6 Å². The summed E-state index contributed by atoms with van der Waals surface area (Å²) in [7, 11) is 0. The number of nitrogens with one attached hydrogen (secondary N) is 1. The molecule has 0 bridgehead atoms. The molecule has 2 aliphatic heterocycles. The van der Waals surface area contributed by atoms with E-state index < -0.39 is 11.2 Å². The van der Waals surface area contributed by atoms with Crippen molar-refractivity contribution in [2.24, 2.45) is 16.9 Å². The van der Waals surface area contributed by atoms with E-state index in [2.05, 4.69) is 15.2 Å². The van der Waals surface area contributed by atoms with E-state index in [9.17, 15) is 14.4 Å². The van der Waals surface area contributed by atoms with Crippen LogP contribution in [0.4, 0.5) is 10.6 Å². The maximum atomic E-state index is 12.7. The van der Waals surface area contributed by atoms with Gasteiger partial charge in [-0.25, -0.2) is 9.59 Å². The van der Waals surface area contributed by atoms with Gasteiger partial charge < -0.3 is 26.2 Å². The number of aromatic nitrogens is 2. The van der Waals surface area contributed by atoms with Crippen molar-refractivity contribution < 1.29 is 9.59 Å². The third-order valence-electron chi connectivity index (χ3n) is 7.88. The number of rotatable bonds is 6. The molecule has 3 aliphatic rings. The average molecular weight is 523 g/mol. The Labute approximate surface area is 222 Å². The van der Waals surface area contributed by atoms with Crippen molar-refractivity contribution in [3.63, 3.8) is 0 Å². The van der Waals surface area contributed by atoms with Gasteiger partial charge in [0.1, 0.15) is 5.82 Å². The predicted octanol–water partition coefficient (Wildman–Crippen LogP) is 0.612. The van der Waals surface area contributed by atoms with Gasteiger partial charge in [-0.2, -0.15) is 4.98 Å². The molecule has 2 aromatic rings. The van der Waals surface area contributed by atoms with Crippen LogP contribution in [0.5, 0.6) is 0 Å². The first-order valence-corrected chi connectivity index (χ1v) is 13.3. The molecule has 3 heterocycles. The Kier molecular flexibility index (Phi) is 7.01. The molecule has 2 saturated heterocycles. The molecular formula is C27H38N8O3. The summed E-state index contributed by atoms with van der Waals surface area (Å²) < 4.78 is 1.46. The summed E-state index contributed by atoms with van der Waals surface area (Å²) in [6.45, 7) is 8.26. The predicted molar refractivity (Wildman–Crippen MR) is 145 cm³/mol. The van der Waals surface area contributed by atoms with Crippen LogP contribution in [-0.2, 0) is 11.2 Å². The molecule has 38 heavy (non-hydrogen) atoms. The van der Waals surface area contributed by atoms with E-state index in [0.717, 1.165) is 44.6 Å². The van der Waals surface area contributed by atoms with Gasteiger partial charge in [-0.05, 0) is 62.3 Å². The van der Waals surface area contributed by atoms with Crippen molar-refractivity contribution in [1.82, 2.24) is 24.3 Å². The lowest BCUT2D eigenvalue weighted by molar-refractivity contribution is -0.137. The summed E-state index contributed by atoms with van der Waals surface area (Å²) in [6, 6.07) is 9.58. The van der Waals surface area contributed by atoms with Crippen molar-refractivity contribution in [1.29, 1.82) is 0 Å². The summed E-state index contributed by atoms with van der Waals surface area (Å²) in [5.74, 6) is 0.0497. The fourth-order valence-electron chi connectivity index (χ4n) is 5.86. The second-order valence-corrected chi connectivity index (χ2v) is 11.7. The lowest BCUT2D eigenvalue weighted by atomic mass is 9.61. The van der Waals surface area contributed by atoms with Crippen LogP contribution < -0.4 is 22.5 Å². The highest BCUT2D eigenvalue weighted by Crippen LogP contribution is 2.47. The van der Waals surface area contributed by atoms with Gasteiger partial charge in [-0.15, -0.1) is 0 Å². The van der Waals surface area contributed by atoms with Crippen molar-refractivity contribution in [2.45, 2.75) is 44.7 Å². The maximum Gasteiger partial charge on any atom is 0.354 e. The molecule has 1 aromatic heterocycles. The molecule has 1 spiro atoms. The molecule has 11 nitrogen and oxygen atoms in total. The maximum absolute atomic E-state index is 12.7. The van der Waals surface area contributed by atoms with Crippen LogP contribution in [-0.4, -0.2) is 93.6 Å². The summed E-state index contributed by atoms with van der Waals surface area (Å²) in [5, 5.41) is 2.69. The summed E-state index contributed by atoms with van der Waals surface area (Å²) in [6.07, 6.45) is 4.91. The minimum absolute atomic E-state index is 0.139. The monoisotopic (exact) mass is 522 g/mol. The highest BCUT2D eigenvalue weighted by molar-refractivity contribution is 5.89. The summed E-state index contributed by atoms with van der Waals surface area (Å²) >= 11 is 0. The number of nitrogens with zero attached hydrogens (tertiary/aromatic N) is 5. The van der Waals surface area contributed by atoms with E-state index in [-0.39, 0.29) is 17.8 Å². The topological polar surface area (TPSA) is 143 Å². The molecule has 3 amide bonds. The lowest BCUT2D eigenvalue weighted by Crippen LogP contribution is -2.65. The first-order valence-electron chi connectivity index (χ1n) is 13.3. The number of carbonyl (C=O) groups excluding carboxylic acids is 2. The fourth-order valence-corrected chi connectivity index (χ4v) is 5.86. The number of anilines is 1. The highest BCUT2D eigenvalue weighted by Gasteiger charge is 2.50. The minimum atomic E-state index is -0.943. The number of urea groups is 1. The number of likely N-dealkylation sites (tertiary alicyclic amines) is 1. The number of hydrogen-bond donors (Lipinski definition) is 3. The van der Waals surface area contributed by atoms with Gasteiger partial charge in [0.25, 0.3) is 0 Å². The van der Waals surface area contributed by atoms with Crippen LogP contribution in [0, 0.1) is 5.41 Å². The van der Waals surface area contributed by atoms with Gasteiger partial charge in [0, 0.05) is 58.1 Å². The Hall–Kier alpha value is -3.28. The second-order valence-electron chi connectivity index (χ2n) is 11.7. The zero-order chi connectivity index (χ0) is 27.1. The number of piperazine rings is 1. The third-order valence-corrected chi connectivity index (χ3v) is 7.88. The molecule has 1 aromatic carbocycles. The highest BCUT2D eigenvalue weighted by atomic mass is 16.2. The molecule has 0 radical (unpaired) electrons. The van der Waals surface area contributed by atoms with Gasteiger partial charge in [-0.3, -0.25) is 14.7 Å². The van der Waals surface area contributed by atoms with Gasteiger partial charge in [0.05, 0.1) is 11.2 Å². The zero-order valence-corrected chi connectivity index (χ0v) is 22.2. The Morgan fingerprint density at radius 3 is 2.26 bits per heavy atom. The second kappa shape index (κ2) is 10.1. The van der Waals surface area contributed by atoms with Crippen LogP contribution in [0.15, 0.2) is 41.3 Å². The van der Waals surface area contributed by atoms with Gasteiger partial charge in [0.2, 0.25) is 5.91 Å². The molecule has 1 aliphatic carbocycles. The molecule has 0 unspecified atom stereocenters. The van der Waals surface area contributed by atoms with Crippen molar-refractivity contribution in [3.8, 4) is 5.69 Å². The number of nitrogens with two attached hydrogens (primary N) is 2. The van der Waals surface area contributed by atoms with Crippen LogP contribution >= 0.6 is 0 Å². The largest absolute Gasteiger partial charge is 0.354 e. The Bertz CT molecular complexity index is 1230. The first kappa shape index (κ1) is 26.3. The molecule has 5 N–H and O–H groups in total. The lowest BCUT2D eigenvalue weighted by Gasteiger charge is -2.58. The van der Waals surface area contributed by atoms with E-state index in [4.69, 9.17) is 11.5 Å². The van der Waals surface area contributed by atoms with Crippen LogP contribution in [0.25, 0.3) is 5.69 Å². The van der Waals surface area contributed by atoms with E-state index >= 15 is 0 Å². The molecule has 204 valence electrons. The minimum Gasteiger partial charge on any atom is -0.338 e. The van der Waals surface area contributed by atoms with Gasteiger partial charge >= 0.3 is 11.7 Å². The average Bonchev–Trinajstić information content (AvgIpc) is 2.84. The Morgan fingerprint density at radius 1 is 1.05 bits per heavy atom. The number of benzene rings is 1. The number of hydrogen-bond acceptors (Lipinski definition) is 7.